The molecule has 2 amide bonds. The molecule has 1 fully saturated rings. The monoisotopic (exact) mass is 232 g/mol. The number of rotatable bonds is 3. The zero-order valence-electron chi connectivity index (χ0n) is 9.69. The fourth-order valence-corrected chi connectivity index (χ4v) is 1.97. The third-order valence-electron chi connectivity index (χ3n) is 2.99. The molecule has 17 heavy (non-hydrogen) atoms. The quantitative estimate of drug-likeness (QED) is 0.632. The van der Waals surface area contributed by atoms with Crippen LogP contribution in [0.2, 0.25) is 0 Å². The third kappa shape index (κ3) is 2.84. The van der Waals surface area contributed by atoms with E-state index in [0.717, 1.165) is 11.3 Å². The van der Waals surface area contributed by atoms with Crippen molar-refractivity contribution in [2.24, 2.45) is 0 Å². The predicted octanol–water partition coefficient (Wildman–Crippen LogP) is 1.35. The van der Waals surface area contributed by atoms with Crippen molar-refractivity contribution in [1.29, 1.82) is 0 Å². The van der Waals surface area contributed by atoms with Gasteiger partial charge >= 0.3 is 0 Å². The Morgan fingerprint density at radius 1 is 1.06 bits per heavy atom. The number of nitrogens with zero attached hydrogens (tertiary/aromatic N) is 1. The van der Waals surface area contributed by atoms with Crippen molar-refractivity contribution in [3.8, 4) is 0 Å². The number of hydrogen-bond donors (Lipinski definition) is 1. The van der Waals surface area contributed by atoms with Gasteiger partial charge in [-0.2, -0.15) is 0 Å². The summed E-state index contributed by atoms with van der Waals surface area (Å²) in [6.45, 7) is 0.474. The molecule has 0 radical (unpaired) electrons. The highest BCUT2D eigenvalue weighted by Gasteiger charge is 2.25. The van der Waals surface area contributed by atoms with Crippen molar-refractivity contribution in [3.05, 3.63) is 29.8 Å². The van der Waals surface area contributed by atoms with E-state index in [0.29, 0.717) is 32.2 Å². The Morgan fingerprint density at radius 2 is 1.65 bits per heavy atom. The second-order valence-electron chi connectivity index (χ2n) is 4.28. The predicted molar refractivity (Wildman–Crippen MR) is 65.1 cm³/mol. The molecule has 1 aliphatic rings. The molecule has 1 saturated heterocycles. The van der Waals surface area contributed by atoms with Crippen LogP contribution in [-0.4, -0.2) is 23.3 Å². The fourth-order valence-electron chi connectivity index (χ4n) is 1.97. The first-order valence-electron chi connectivity index (χ1n) is 5.84. The number of nitrogens with two attached hydrogens (primary N) is 1. The van der Waals surface area contributed by atoms with Gasteiger partial charge in [0.05, 0.1) is 0 Å². The fraction of sp³-hybridized carbons (Fsp3) is 0.385. The number of carbonyl (C=O) groups excluding carboxylic acids is 2. The van der Waals surface area contributed by atoms with Gasteiger partial charge in [0.15, 0.2) is 0 Å². The summed E-state index contributed by atoms with van der Waals surface area (Å²) in [6.07, 6.45) is 2.37. The number of benzene rings is 1. The van der Waals surface area contributed by atoms with Gasteiger partial charge in [-0.3, -0.25) is 14.5 Å². The Balaban J connectivity index is 1.95. The maximum absolute atomic E-state index is 11.6. The molecular formula is C13H16N2O2. The highest BCUT2D eigenvalue weighted by molar-refractivity contribution is 5.97. The number of likely N-dealkylation sites (tertiary alicyclic amines) is 1. The van der Waals surface area contributed by atoms with Gasteiger partial charge in [0.1, 0.15) is 0 Å². The Kier molecular flexibility index (Phi) is 3.42. The van der Waals surface area contributed by atoms with Gasteiger partial charge in [-0.05, 0) is 30.5 Å². The van der Waals surface area contributed by atoms with Gasteiger partial charge in [-0.1, -0.05) is 12.1 Å². The Bertz CT molecular complexity index is 410. The maximum atomic E-state index is 11.6. The normalized spacial score (nSPS) is 16.4. The van der Waals surface area contributed by atoms with E-state index < -0.39 is 0 Å². The van der Waals surface area contributed by atoms with Crippen molar-refractivity contribution in [1.82, 2.24) is 4.90 Å². The Morgan fingerprint density at radius 3 is 2.24 bits per heavy atom. The smallest absolute Gasteiger partial charge is 0.229 e. The SMILES string of the molecule is Nc1ccc(CCN2C(=O)CCCC2=O)cc1. The van der Waals surface area contributed by atoms with E-state index in [1.807, 2.05) is 24.3 Å². The third-order valence-corrected chi connectivity index (χ3v) is 2.99. The van der Waals surface area contributed by atoms with Crippen molar-refractivity contribution < 1.29 is 9.59 Å². The highest BCUT2D eigenvalue weighted by Crippen LogP contribution is 2.13. The van der Waals surface area contributed by atoms with E-state index >= 15 is 0 Å². The summed E-state index contributed by atoms with van der Waals surface area (Å²) in [5.41, 5.74) is 7.40. The van der Waals surface area contributed by atoms with Crippen LogP contribution >= 0.6 is 0 Å². The molecule has 0 atom stereocenters. The molecule has 0 aliphatic carbocycles. The van der Waals surface area contributed by atoms with Crippen LogP contribution in [0.1, 0.15) is 24.8 Å². The largest absolute Gasteiger partial charge is 0.399 e. The summed E-state index contributed by atoms with van der Waals surface area (Å²) in [6, 6.07) is 7.51. The topological polar surface area (TPSA) is 63.4 Å². The zero-order valence-corrected chi connectivity index (χ0v) is 9.69. The second kappa shape index (κ2) is 4.99. The van der Waals surface area contributed by atoms with E-state index in [1.54, 1.807) is 0 Å². The van der Waals surface area contributed by atoms with Crippen LogP contribution in [0.15, 0.2) is 24.3 Å². The molecular weight excluding hydrogens is 216 g/mol. The van der Waals surface area contributed by atoms with Crippen LogP contribution < -0.4 is 5.73 Å². The number of nitrogen functional groups attached to an aromatic ring is 1. The molecule has 1 aliphatic heterocycles. The molecule has 0 spiro atoms. The minimum atomic E-state index is -0.0447. The number of piperidine rings is 1. The lowest BCUT2D eigenvalue weighted by atomic mass is 10.1. The number of hydrogen-bond acceptors (Lipinski definition) is 3. The molecule has 2 N–H and O–H groups in total. The van der Waals surface area contributed by atoms with E-state index in [1.165, 1.54) is 4.90 Å². The summed E-state index contributed by atoms with van der Waals surface area (Å²) in [4.78, 5) is 24.5. The second-order valence-corrected chi connectivity index (χ2v) is 4.28. The summed E-state index contributed by atoms with van der Waals surface area (Å²) in [5.74, 6) is -0.0895. The highest BCUT2D eigenvalue weighted by atomic mass is 16.2. The van der Waals surface area contributed by atoms with Crippen LogP contribution in [0, 0.1) is 0 Å². The Labute approximate surface area is 100 Å². The first kappa shape index (κ1) is 11.6. The van der Waals surface area contributed by atoms with Crippen LogP contribution in [0.3, 0.4) is 0 Å². The summed E-state index contributed by atoms with van der Waals surface area (Å²) in [5, 5.41) is 0. The van der Waals surface area contributed by atoms with E-state index in [2.05, 4.69) is 0 Å². The number of carbonyl (C=O) groups is 2. The summed E-state index contributed by atoms with van der Waals surface area (Å²) in [7, 11) is 0. The van der Waals surface area contributed by atoms with E-state index in [9.17, 15) is 9.59 Å². The van der Waals surface area contributed by atoms with Crippen molar-refractivity contribution in [2.45, 2.75) is 25.7 Å². The maximum Gasteiger partial charge on any atom is 0.229 e. The Hall–Kier alpha value is -1.84. The standard InChI is InChI=1S/C13H16N2O2/c14-11-6-4-10(5-7-11)8-9-15-12(16)2-1-3-13(15)17/h4-7H,1-3,8-9,14H2. The zero-order chi connectivity index (χ0) is 12.3. The van der Waals surface area contributed by atoms with Crippen LogP contribution in [-0.2, 0) is 16.0 Å². The number of imide groups is 1. The molecule has 4 heteroatoms. The molecule has 0 unspecified atom stereocenters. The number of anilines is 1. The molecule has 0 saturated carbocycles. The van der Waals surface area contributed by atoms with Crippen LogP contribution in [0.4, 0.5) is 5.69 Å². The minimum Gasteiger partial charge on any atom is -0.399 e. The average Bonchev–Trinajstić information content (AvgIpc) is 2.31. The van der Waals surface area contributed by atoms with Gasteiger partial charge in [0, 0.05) is 25.1 Å². The van der Waals surface area contributed by atoms with Gasteiger partial charge < -0.3 is 5.73 Å². The summed E-state index contributed by atoms with van der Waals surface area (Å²) >= 11 is 0. The van der Waals surface area contributed by atoms with Gasteiger partial charge in [0.25, 0.3) is 0 Å². The molecule has 0 bridgehead atoms. The van der Waals surface area contributed by atoms with Gasteiger partial charge in [-0.25, -0.2) is 0 Å². The number of amides is 2. The lowest BCUT2D eigenvalue weighted by Gasteiger charge is -2.24. The van der Waals surface area contributed by atoms with Gasteiger partial charge in [-0.15, -0.1) is 0 Å². The van der Waals surface area contributed by atoms with E-state index in [4.69, 9.17) is 5.73 Å². The van der Waals surface area contributed by atoms with E-state index in [-0.39, 0.29) is 11.8 Å². The molecule has 2 rings (SSSR count). The molecule has 4 nitrogen and oxygen atoms in total. The van der Waals surface area contributed by atoms with Crippen molar-refractivity contribution in [3.63, 3.8) is 0 Å². The minimum absolute atomic E-state index is 0.0447. The van der Waals surface area contributed by atoms with Gasteiger partial charge in [0.2, 0.25) is 11.8 Å². The molecule has 1 aromatic carbocycles. The molecule has 1 aromatic rings. The van der Waals surface area contributed by atoms with Crippen molar-refractivity contribution >= 4 is 17.5 Å². The van der Waals surface area contributed by atoms with Crippen molar-refractivity contribution in [2.75, 3.05) is 12.3 Å². The first-order chi connectivity index (χ1) is 8.16. The molecule has 90 valence electrons. The first-order valence-corrected chi connectivity index (χ1v) is 5.84. The van der Waals surface area contributed by atoms with Crippen LogP contribution in [0.25, 0.3) is 0 Å². The molecule has 0 aromatic heterocycles. The lowest BCUT2D eigenvalue weighted by Crippen LogP contribution is -2.41. The molecule has 1 heterocycles. The average molecular weight is 232 g/mol. The summed E-state index contributed by atoms with van der Waals surface area (Å²) < 4.78 is 0. The lowest BCUT2D eigenvalue weighted by molar-refractivity contribution is -0.147. The van der Waals surface area contributed by atoms with Crippen LogP contribution in [0.5, 0.6) is 0 Å².